The average Bonchev–Trinajstić information content (AvgIpc) is 3.15. The van der Waals surface area contributed by atoms with Gasteiger partial charge in [0.05, 0.1) is 11.9 Å². The maximum atomic E-state index is 12.0. The van der Waals surface area contributed by atoms with Crippen LogP contribution in [0.4, 0.5) is 0 Å². The molecule has 0 amide bonds. The van der Waals surface area contributed by atoms with Gasteiger partial charge >= 0.3 is 0 Å². The Morgan fingerprint density at radius 3 is 3.09 bits per heavy atom. The van der Waals surface area contributed by atoms with E-state index in [1.165, 1.54) is 11.1 Å². The molecular weight excluding hydrogens is 312 g/mol. The van der Waals surface area contributed by atoms with E-state index in [-0.39, 0.29) is 5.25 Å². The summed E-state index contributed by atoms with van der Waals surface area (Å²) in [6.45, 7) is 5.60. The van der Waals surface area contributed by atoms with Gasteiger partial charge in [0, 0.05) is 19.5 Å². The number of nitrogens with one attached hydrogen (secondary N) is 1. The van der Waals surface area contributed by atoms with Crippen LogP contribution in [-0.2, 0) is 22.9 Å². The molecule has 3 rings (SSSR count). The Hall–Kier alpha value is -1.11. The first-order chi connectivity index (χ1) is 11.1. The molecular formula is C17H26N2O3S. The molecule has 23 heavy (non-hydrogen) atoms. The average molecular weight is 338 g/mol. The molecule has 0 aromatic heterocycles. The largest absolute Gasteiger partial charge is 0.493 e. The Balaban J connectivity index is 1.45. The minimum atomic E-state index is -3.13. The quantitative estimate of drug-likeness (QED) is 0.820. The second-order valence-corrected chi connectivity index (χ2v) is 8.44. The molecule has 5 nitrogen and oxygen atoms in total. The van der Waals surface area contributed by atoms with Crippen LogP contribution in [-0.4, -0.2) is 51.4 Å². The second kappa shape index (κ2) is 7.20. The van der Waals surface area contributed by atoms with Gasteiger partial charge in [0.25, 0.3) is 0 Å². The molecule has 1 aromatic carbocycles. The second-order valence-electron chi connectivity index (χ2n) is 6.40. The van der Waals surface area contributed by atoms with Crippen molar-refractivity contribution in [2.24, 2.45) is 0 Å². The van der Waals surface area contributed by atoms with Crippen molar-refractivity contribution in [1.82, 2.24) is 9.62 Å². The van der Waals surface area contributed by atoms with E-state index in [2.05, 4.69) is 27.8 Å². The van der Waals surface area contributed by atoms with E-state index < -0.39 is 10.0 Å². The minimum absolute atomic E-state index is 0.250. The lowest BCUT2D eigenvalue weighted by molar-refractivity contribution is 0.334. The Labute approximate surface area is 139 Å². The van der Waals surface area contributed by atoms with Crippen LogP contribution in [0.1, 0.15) is 30.9 Å². The van der Waals surface area contributed by atoms with E-state index >= 15 is 0 Å². The Bertz CT molecular complexity index is 645. The highest BCUT2D eigenvalue weighted by Crippen LogP contribution is 2.26. The summed E-state index contributed by atoms with van der Waals surface area (Å²) in [5, 5.41) is -0.250. The Kier molecular flexibility index (Phi) is 5.24. The number of rotatable bonds is 7. The maximum Gasteiger partial charge on any atom is 0.215 e. The normalized spacial score (nSPS) is 21.3. The third-order valence-corrected chi connectivity index (χ3v) is 6.66. The number of hydrogen-bond acceptors (Lipinski definition) is 4. The van der Waals surface area contributed by atoms with Crippen molar-refractivity contribution in [2.75, 3.05) is 32.8 Å². The molecule has 6 heteroatoms. The van der Waals surface area contributed by atoms with Gasteiger partial charge in [0.1, 0.15) is 5.75 Å². The summed E-state index contributed by atoms with van der Waals surface area (Å²) in [6.07, 6.45) is 3.85. The van der Waals surface area contributed by atoms with Crippen molar-refractivity contribution in [3.8, 4) is 5.75 Å². The van der Waals surface area contributed by atoms with Gasteiger partial charge in [-0.2, -0.15) is 0 Å². The van der Waals surface area contributed by atoms with Crippen LogP contribution in [0.2, 0.25) is 0 Å². The van der Waals surface area contributed by atoms with Crippen molar-refractivity contribution in [3.63, 3.8) is 0 Å². The number of nitrogens with zero attached hydrogens (tertiary/aromatic N) is 1. The molecule has 0 radical (unpaired) electrons. The fourth-order valence-electron chi connectivity index (χ4n) is 3.47. The van der Waals surface area contributed by atoms with Crippen LogP contribution in [0, 0.1) is 0 Å². The van der Waals surface area contributed by atoms with Crippen LogP contribution in [0.25, 0.3) is 0 Å². The smallest absolute Gasteiger partial charge is 0.215 e. The molecule has 1 atom stereocenters. The zero-order valence-corrected chi connectivity index (χ0v) is 14.6. The van der Waals surface area contributed by atoms with Gasteiger partial charge in [-0.05, 0) is 49.5 Å². The van der Waals surface area contributed by atoms with Crippen LogP contribution < -0.4 is 9.46 Å². The third kappa shape index (κ3) is 4.05. The molecule has 1 saturated heterocycles. The highest BCUT2D eigenvalue weighted by Gasteiger charge is 2.32. The van der Waals surface area contributed by atoms with Crippen molar-refractivity contribution < 1.29 is 13.2 Å². The lowest BCUT2D eigenvalue weighted by atomic mass is 10.0. The number of fused-ring (bicyclic) bond motifs is 1. The number of ether oxygens (including phenoxy) is 1. The van der Waals surface area contributed by atoms with Gasteiger partial charge in [-0.3, -0.25) is 0 Å². The standard InChI is InChI=1S/C17H26N2O3S/c1-2-18-23(20,21)16-7-10-19(13-16)9-3-4-14-5-6-17-15(12-14)8-11-22-17/h5-6,12,16,18H,2-4,7-11,13H2,1H3/t16-/m0/s1. The Morgan fingerprint density at radius 2 is 2.26 bits per heavy atom. The van der Waals surface area contributed by atoms with Crippen LogP contribution in [0.3, 0.4) is 0 Å². The number of benzene rings is 1. The molecule has 128 valence electrons. The summed E-state index contributed by atoms with van der Waals surface area (Å²) in [7, 11) is -3.13. The Morgan fingerprint density at radius 1 is 1.39 bits per heavy atom. The topological polar surface area (TPSA) is 58.6 Å². The van der Waals surface area contributed by atoms with Gasteiger partial charge in [-0.1, -0.05) is 19.1 Å². The van der Waals surface area contributed by atoms with Crippen LogP contribution >= 0.6 is 0 Å². The summed E-state index contributed by atoms with van der Waals surface area (Å²) in [5.74, 6) is 1.03. The van der Waals surface area contributed by atoms with Crippen molar-refractivity contribution in [3.05, 3.63) is 29.3 Å². The predicted octanol–water partition coefficient (Wildman–Crippen LogP) is 1.57. The maximum absolute atomic E-state index is 12.0. The molecule has 2 aliphatic heterocycles. The fraction of sp³-hybridized carbons (Fsp3) is 0.647. The molecule has 2 heterocycles. The minimum Gasteiger partial charge on any atom is -0.493 e. The zero-order valence-electron chi connectivity index (χ0n) is 13.8. The van der Waals surface area contributed by atoms with E-state index in [4.69, 9.17) is 4.74 Å². The summed E-state index contributed by atoms with van der Waals surface area (Å²) >= 11 is 0. The van der Waals surface area contributed by atoms with Gasteiger partial charge in [0.2, 0.25) is 10.0 Å². The first kappa shape index (κ1) is 16.7. The SMILES string of the molecule is CCNS(=O)(=O)[C@H]1CCN(CCCc2ccc3c(c2)CCO3)C1. The van der Waals surface area contributed by atoms with E-state index in [1.807, 2.05) is 6.92 Å². The van der Waals surface area contributed by atoms with Crippen molar-refractivity contribution in [1.29, 1.82) is 0 Å². The highest BCUT2D eigenvalue weighted by atomic mass is 32.2. The third-order valence-electron chi connectivity index (χ3n) is 4.71. The molecule has 1 aromatic rings. The molecule has 0 spiro atoms. The molecule has 1 fully saturated rings. The van der Waals surface area contributed by atoms with Crippen LogP contribution in [0.15, 0.2) is 18.2 Å². The van der Waals surface area contributed by atoms with Crippen molar-refractivity contribution >= 4 is 10.0 Å². The highest BCUT2D eigenvalue weighted by molar-refractivity contribution is 7.90. The molecule has 0 bridgehead atoms. The van der Waals surface area contributed by atoms with E-state index in [9.17, 15) is 8.42 Å². The zero-order chi connectivity index (χ0) is 16.3. The lowest BCUT2D eigenvalue weighted by Crippen LogP contribution is -2.36. The van der Waals surface area contributed by atoms with Gasteiger partial charge < -0.3 is 9.64 Å². The lowest BCUT2D eigenvalue weighted by Gasteiger charge is -2.16. The van der Waals surface area contributed by atoms with Gasteiger partial charge in [-0.15, -0.1) is 0 Å². The predicted molar refractivity (Wildman–Crippen MR) is 91.4 cm³/mol. The molecule has 1 N–H and O–H groups in total. The summed E-state index contributed by atoms with van der Waals surface area (Å²) < 4.78 is 32.2. The molecule has 2 aliphatic rings. The van der Waals surface area contributed by atoms with E-state index in [0.29, 0.717) is 13.1 Å². The number of likely N-dealkylation sites (tertiary alicyclic amines) is 1. The molecule has 0 saturated carbocycles. The first-order valence-electron chi connectivity index (χ1n) is 8.54. The number of hydrogen-bond donors (Lipinski definition) is 1. The monoisotopic (exact) mass is 338 g/mol. The molecule has 0 unspecified atom stereocenters. The summed E-state index contributed by atoms with van der Waals surface area (Å²) in [6, 6.07) is 6.48. The molecule has 0 aliphatic carbocycles. The first-order valence-corrected chi connectivity index (χ1v) is 10.1. The number of aryl methyl sites for hydroxylation is 1. The van der Waals surface area contributed by atoms with E-state index in [0.717, 1.165) is 51.1 Å². The van der Waals surface area contributed by atoms with Crippen molar-refractivity contribution in [2.45, 2.75) is 37.9 Å². The number of sulfonamides is 1. The summed E-state index contributed by atoms with van der Waals surface area (Å²) in [4.78, 5) is 2.27. The van der Waals surface area contributed by atoms with Crippen LogP contribution in [0.5, 0.6) is 5.75 Å². The van der Waals surface area contributed by atoms with E-state index in [1.54, 1.807) is 0 Å². The van der Waals surface area contributed by atoms with Gasteiger partial charge in [0.15, 0.2) is 0 Å². The fourth-order valence-corrected chi connectivity index (χ4v) is 4.94. The van der Waals surface area contributed by atoms with Gasteiger partial charge in [-0.25, -0.2) is 13.1 Å². The summed E-state index contributed by atoms with van der Waals surface area (Å²) in [5.41, 5.74) is 2.67.